The van der Waals surface area contributed by atoms with E-state index >= 15 is 0 Å². The predicted octanol–water partition coefficient (Wildman–Crippen LogP) is 5.04. The van der Waals surface area contributed by atoms with E-state index in [2.05, 4.69) is 44.7 Å². The molecule has 2 fully saturated rings. The Hall–Kier alpha value is -1.35. The van der Waals surface area contributed by atoms with Crippen LogP contribution in [0.3, 0.4) is 0 Å². The molecular weight excluding hydrogens is 308 g/mol. The molecule has 0 bridgehead atoms. The van der Waals surface area contributed by atoms with E-state index in [1.807, 2.05) is 12.1 Å². The molecule has 2 aliphatic rings. The van der Waals surface area contributed by atoms with E-state index in [1.165, 1.54) is 37.7 Å². The van der Waals surface area contributed by atoms with Gasteiger partial charge in [-0.2, -0.15) is 0 Å². The van der Waals surface area contributed by atoms with E-state index in [0.29, 0.717) is 11.6 Å². The van der Waals surface area contributed by atoms with Crippen LogP contribution in [0.5, 0.6) is 0 Å². The molecule has 1 amide bonds. The summed E-state index contributed by atoms with van der Waals surface area (Å²) in [7, 11) is 0. The molecule has 2 atom stereocenters. The van der Waals surface area contributed by atoms with Gasteiger partial charge < -0.3 is 5.31 Å². The van der Waals surface area contributed by atoms with Crippen LogP contribution in [0.15, 0.2) is 24.3 Å². The van der Waals surface area contributed by atoms with Crippen LogP contribution in [0, 0.1) is 11.8 Å². The Labute approximate surface area is 154 Å². The Bertz CT molecular complexity index is 616. The predicted molar refractivity (Wildman–Crippen MR) is 105 cm³/mol. The van der Waals surface area contributed by atoms with Crippen molar-refractivity contribution in [3.8, 4) is 0 Å². The van der Waals surface area contributed by atoms with Gasteiger partial charge in [0.1, 0.15) is 0 Å². The molecule has 0 spiro atoms. The molecule has 1 N–H and O–H groups in total. The normalized spacial score (nSPS) is 26.5. The van der Waals surface area contributed by atoms with Crippen molar-refractivity contribution in [2.24, 2.45) is 11.8 Å². The van der Waals surface area contributed by atoms with Gasteiger partial charge in [0.05, 0.1) is 5.92 Å². The van der Waals surface area contributed by atoms with Crippen molar-refractivity contribution < 1.29 is 6.21 Å². The molecule has 1 saturated carbocycles. The summed E-state index contributed by atoms with van der Waals surface area (Å²) in [4.78, 5) is 15.3. The number of benzene rings is 1. The van der Waals surface area contributed by atoms with E-state index < -0.39 is 0 Å². The first kappa shape index (κ1) is 17.1. The number of amides is 1. The number of carbonyl (C=O) groups is 1. The summed E-state index contributed by atoms with van der Waals surface area (Å²) in [5, 5.41) is 1.12. The molecule has 25 heavy (non-hydrogen) atoms. The zero-order valence-electron chi connectivity index (χ0n) is 17.3. The molecule has 1 aliphatic carbocycles. The number of likely N-dealkylation sites (tertiary alicyclic amines) is 1. The molecule has 3 nitrogen and oxygen atoms in total. The van der Waals surface area contributed by atoms with Crippen molar-refractivity contribution in [3.63, 3.8) is 0 Å². The molecule has 1 aliphatic heterocycles. The van der Waals surface area contributed by atoms with E-state index in [4.69, 9.17) is 1.41 Å². The second-order valence-corrected chi connectivity index (χ2v) is 9.04. The lowest BCUT2D eigenvalue weighted by Crippen LogP contribution is -2.40. The largest absolute Gasteiger partial charge is 0.326 e. The lowest BCUT2D eigenvalue weighted by molar-refractivity contribution is -0.120. The highest BCUT2D eigenvalue weighted by Crippen LogP contribution is 2.33. The van der Waals surface area contributed by atoms with Gasteiger partial charge in [-0.15, -0.1) is 0 Å². The van der Waals surface area contributed by atoms with Crippen molar-refractivity contribution in [2.45, 2.75) is 71.3 Å². The SMILES string of the molecule is [2H]N(C(=O)C1CN(C(C)(C)C)CC1C)c1ccc(C2CCCCC2)cc1. The first-order chi connectivity index (χ1) is 12.3. The number of carbonyl (C=O) groups excluding carboxylic acids is 1. The van der Waals surface area contributed by atoms with Gasteiger partial charge in [0.25, 0.3) is 0 Å². The number of anilines is 1. The van der Waals surface area contributed by atoms with Crippen LogP contribution in [0.25, 0.3) is 0 Å². The maximum absolute atomic E-state index is 12.9. The highest BCUT2D eigenvalue weighted by molar-refractivity contribution is 5.93. The first-order valence-electron chi connectivity index (χ1n) is 10.4. The Balaban J connectivity index is 1.66. The van der Waals surface area contributed by atoms with E-state index in [-0.39, 0.29) is 23.3 Å². The van der Waals surface area contributed by atoms with Gasteiger partial charge in [-0.25, -0.2) is 0 Å². The molecule has 0 aromatic heterocycles. The highest BCUT2D eigenvalue weighted by Gasteiger charge is 2.38. The zero-order chi connectivity index (χ0) is 18.9. The van der Waals surface area contributed by atoms with E-state index in [9.17, 15) is 4.79 Å². The Morgan fingerprint density at radius 2 is 1.76 bits per heavy atom. The second kappa shape index (κ2) is 7.49. The van der Waals surface area contributed by atoms with Gasteiger partial charge in [0.2, 0.25) is 5.91 Å². The maximum atomic E-state index is 12.9. The van der Waals surface area contributed by atoms with Crippen LogP contribution in [-0.4, -0.2) is 29.4 Å². The number of hydrogen-bond acceptors (Lipinski definition) is 2. The lowest BCUT2D eigenvalue weighted by Gasteiger charge is -2.31. The summed E-state index contributed by atoms with van der Waals surface area (Å²) in [5.41, 5.74) is 2.12. The number of hydrogen-bond donors (Lipinski definition) is 1. The fourth-order valence-electron chi connectivity index (χ4n) is 4.30. The summed E-state index contributed by atoms with van der Waals surface area (Å²) in [6.45, 7) is 10.4. The van der Waals surface area contributed by atoms with Crippen molar-refractivity contribution in [2.75, 3.05) is 18.4 Å². The van der Waals surface area contributed by atoms with Crippen molar-refractivity contribution in [3.05, 3.63) is 29.8 Å². The Kier molecular flexibility index (Phi) is 5.12. The van der Waals surface area contributed by atoms with Crippen LogP contribution in [0.4, 0.5) is 5.69 Å². The van der Waals surface area contributed by atoms with Gasteiger partial charge >= 0.3 is 0 Å². The van der Waals surface area contributed by atoms with Crippen LogP contribution < -0.4 is 5.31 Å². The van der Waals surface area contributed by atoms with Gasteiger partial charge in [-0.1, -0.05) is 38.3 Å². The van der Waals surface area contributed by atoms with Crippen LogP contribution in [0.2, 0.25) is 1.41 Å². The maximum Gasteiger partial charge on any atom is 0.229 e. The second-order valence-electron chi connectivity index (χ2n) is 9.04. The van der Waals surface area contributed by atoms with Crippen LogP contribution in [-0.2, 0) is 4.79 Å². The lowest BCUT2D eigenvalue weighted by atomic mass is 9.84. The smallest absolute Gasteiger partial charge is 0.229 e. The summed E-state index contributed by atoms with van der Waals surface area (Å²) in [6.07, 6.45) is 6.53. The molecule has 1 aromatic carbocycles. The molecular formula is C22H34N2O. The monoisotopic (exact) mass is 343 g/mol. The number of rotatable bonds is 3. The molecule has 1 aromatic rings. The van der Waals surface area contributed by atoms with Crippen LogP contribution in [0.1, 0.15) is 71.3 Å². The third-order valence-electron chi connectivity index (χ3n) is 6.09. The third kappa shape index (κ3) is 4.44. The zero-order valence-corrected chi connectivity index (χ0v) is 16.3. The number of nitrogens with one attached hydrogen (secondary N) is 1. The average molecular weight is 344 g/mol. The minimum absolute atomic E-state index is 0.0673. The molecule has 0 radical (unpaired) electrons. The summed E-state index contributed by atoms with van der Waals surface area (Å²) < 4.78 is 8.38. The molecule has 138 valence electrons. The topological polar surface area (TPSA) is 32.3 Å². The third-order valence-corrected chi connectivity index (χ3v) is 6.09. The molecule has 1 saturated heterocycles. The van der Waals surface area contributed by atoms with Crippen molar-refractivity contribution in [1.82, 2.24) is 4.90 Å². The van der Waals surface area contributed by atoms with Gasteiger partial charge in [-0.3, -0.25) is 9.69 Å². The van der Waals surface area contributed by atoms with Crippen molar-refractivity contribution >= 4 is 11.6 Å². The van der Waals surface area contributed by atoms with E-state index in [1.54, 1.807) is 0 Å². The fraction of sp³-hybridized carbons (Fsp3) is 0.682. The van der Waals surface area contributed by atoms with Crippen LogP contribution >= 0.6 is 0 Å². The van der Waals surface area contributed by atoms with Crippen molar-refractivity contribution in [1.29, 1.82) is 0 Å². The molecule has 3 heteroatoms. The van der Waals surface area contributed by atoms with Gasteiger partial charge in [0, 0.05) is 24.3 Å². The molecule has 2 unspecified atom stereocenters. The summed E-state index contributed by atoms with van der Waals surface area (Å²) >= 11 is 0. The van der Waals surface area contributed by atoms with Gasteiger partial charge in [-0.05, 0) is 63.1 Å². The van der Waals surface area contributed by atoms with Gasteiger partial charge in [0.15, 0.2) is 1.41 Å². The van der Waals surface area contributed by atoms with E-state index in [0.717, 1.165) is 18.4 Å². The minimum atomic E-state index is -0.0928. The standard InChI is InChI=1S/C22H34N2O/c1-16-14-24(22(2,3)4)15-20(16)21(25)23-19-12-10-18(11-13-19)17-8-6-5-7-9-17/h10-13,16-17,20H,5-9,14-15H2,1-4H3,(H,23,25)/i/hD. The Morgan fingerprint density at radius 1 is 1.12 bits per heavy atom. The first-order valence-corrected chi connectivity index (χ1v) is 9.95. The summed E-state index contributed by atoms with van der Waals surface area (Å²) in [5.74, 6) is 0.776. The fourth-order valence-corrected chi connectivity index (χ4v) is 4.30. The highest BCUT2D eigenvalue weighted by atomic mass is 16.2. The molecule has 3 rings (SSSR count). The summed E-state index contributed by atoms with van der Waals surface area (Å²) in [6, 6.07) is 8.16. The average Bonchev–Trinajstić information content (AvgIpc) is 3.03. The number of nitrogens with zero attached hydrogens (tertiary/aromatic N) is 1. The molecule has 1 heterocycles. The minimum Gasteiger partial charge on any atom is -0.326 e. The Morgan fingerprint density at radius 3 is 2.32 bits per heavy atom. The quantitative estimate of drug-likeness (QED) is 0.834.